The van der Waals surface area contributed by atoms with Gasteiger partial charge in [-0.05, 0) is 53.3 Å². The third kappa shape index (κ3) is 5.93. The van der Waals surface area contributed by atoms with Crippen LogP contribution >= 0.6 is 0 Å². The molecule has 4 aromatic rings. The molecule has 0 radical (unpaired) electrons. The minimum absolute atomic E-state index is 0.107. The Morgan fingerprint density at radius 3 is 2.32 bits per heavy atom. The van der Waals surface area contributed by atoms with E-state index in [-0.39, 0.29) is 11.3 Å². The van der Waals surface area contributed by atoms with Crippen LogP contribution in [0.1, 0.15) is 53.5 Å². The normalized spacial score (nSPS) is 11.3. The number of aryl methyl sites for hydroxylation is 1. The highest BCUT2D eigenvalue weighted by Gasteiger charge is 2.14. The minimum atomic E-state index is -0.194. The number of nitrogens with zero attached hydrogens (tertiary/aromatic N) is 2. The molecule has 0 aliphatic rings. The Morgan fingerprint density at radius 2 is 1.62 bits per heavy atom. The third-order valence-corrected chi connectivity index (χ3v) is 5.71. The fourth-order valence-corrected chi connectivity index (χ4v) is 3.70. The van der Waals surface area contributed by atoms with Crippen molar-refractivity contribution in [2.24, 2.45) is 0 Å². The zero-order valence-electron chi connectivity index (χ0n) is 20.2. The molecular formula is C29H31N3O2. The summed E-state index contributed by atoms with van der Waals surface area (Å²) in [5.41, 5.74) is 5.01. The number of hydrogen-bond donors (Lipinski definition) is 1. The number of carbonyl (C=O) groups excluding carboxylic acids is 1. The molecule has 0 bridgehead atoms. The maximum absolute atomic E-state index is 12.8. The number of rotatable bonds is 7. The Kier molecular flexibility index (Phi) is 6.82. The predicted molar refractivity (Wildman–Crippen MR) is 136 cm³/mol. The van der Waals surface area contributed by atoms with Gasteiger partial charge in [-0.15, -0.1) is 0 Å². The molecule has 0 spiro atoms. The van der Waals surface area contributed by atoms with Crippen LogP contribution in [0.5, 0.6) is 5.75 Å². The number of aromatic nitrogens is 2. The molecule has 5 heteroatoms. The molecule has 0 saturated heterocycles. The van der Waals surface area contributed by atoms with E-state index in [4.69, 9.17) is 4.74 Å². The molecule has 1 heterocycles. The molecule has 0 unspecified atom stereocenters. The smallest absolute Gasteiger partial charge is 0.256 e. The highest BCUT2D eigenvalue weighted by molar-refractivity contribution is 6.03. The molecule has 0 saturated carbocycles. The van der Waals surface area contributed by atoms with Gasteiger partial charge < -0.3 is 10.1 Å². The van der Waals surface area contributed by atoms with Gasteiger partial charge in [0.2, 0.25) is 0 Å². The van der Waals surface area contributed by atoms with Crippen LogP contribution in [0.4, 0.5) is 5.82 Å². The fourth-order valence-electron chi connectivity index (χ4n) is 3.70. The van der Waals surface area contributed by atoms with Gasteiger partial charge in [-0.2, -0.15) is 5.10 Å². The zero-order chi connectivity index (χ0) is 24.1. The minimum Gasteiger partial charge on any atom is -0.489 e. The van der Waals surface area contributed by atoms with Crippen LogP contribution in [0.25, 0.3) is 0 Å². The summed E-state index contributed by atoms with van der Waals surface area (Å²) in [6, 6.07) is 27.7. The molecule has 0 fully saturated rings. The number of benzene rings is 3. The number of ether oxygens (including phenoxy) is 1. The molecule has 1 N–H and O–H groups in total. The molecule has 0 atom stereocenters. The summed E-state index contributed by atoms with van der Waals surface area (Å²) in [6.45, 7) is 9.60. The van der Waals surface area contributed by atoms with Crippen molar-refractivity contribution in [3.63, 3.8) is 0 Å². The maximum atomic E-state index is 12.8. The first-order valence-corrected chi connectivity index (χ1v) is 11.5. The molecule has 0 aliphatic carbocycles. The van der Waals surface area contributed by atoms with Crippen molar-refractivity contribution in [3.05, 3.63) is 113 Å². The molecule has 3 aromatic carbocycles. The summed E-state index contributed by atoms with van der Waals surface area (Å²) in [5, 5.41) is 7.47. The van der Waals surface area contributed by atoms with Gasteiger partial charge in [0, 0.05) is 17.3 Å². The van der Waals surface area contributed by atoms with E-state index in [0.717, 1.165) is 22.6 Å². The predicted octanol–water partition coefficient (Wildman–Crippen LogP) is 6.37. The highest BCUT2D eigenvalue weighted by Crippen LogP contribution is 2.24. The summed E-state index contributed by atoms with van der Waals surface area (Å²) in [6.07, 6.45) is 0. The van der Waals surface area contributed by atoms with Crippen molar-refractivity contribution in [1.29, 1.82) is 0 Å². The number of hydrogen-bond acceptors (Lipinski definition) is 3. The van der Waals surface area contributed by atoms with Gasteiger partial charge in [-0.25, -0.2) is 0 Å². The standard InChI is InChI=1S/C29H31N3O2/c1-21-17-27(31-32(21)19-22-9-6-5-7-10-22)30-28(33)24-12-8-11-23(18-24)20-34-26-15-13-25(14-16-26)29(2,3)4/h5-18H,19-20H2,1-4H3,(H,30,31,33). The number of nitrogens with one attached hydrogen (secondary N) is 1. The summed E-state index contributed by atoms with van der Waals surface area (Å²) in [4.78, 5) is 12.8. The van der Waals surface area contributed by atoms with Crippen molar-refractivity contribution >= 4 is 11.7 Å². The van der Waals surface area contributed by atoms with E-state index in [1.807, 2.05) is 66.2 Å². The number of amides is 1. The topological polar surface area (TPSA) is 56.1 Å². The van der Waals surface area contributed by atoms with Crippen molar-refractivity contribution in [3.8, 4) is 5.75 Å². The summed E-state index contributed by atoms with van der Waals surface area (Å²) >= 11 is 0. The summed E-state index contributed by atoms with van der Waals surface area (Å²) in [5.74, 6) is 1.15. The second kappa shape index (κ2) is 9.96. The van der Waals surface area contributed by atoms with E-state index in [0.29, 0.717) is 24.5 Å². The van der Waals surface area contributed by atoms with Gasteiger partial charge in [0.05, 0.1) is 6.54 Å². The fraction of sp³-hybridized carbons (Fsp3) is 0.241. The van der Waals surface area contributed by atoms with Crippen LogP contribution in [-0.2, 0) is 18.6 Å². The largest absolute Gasteiger partial charge is 0.489 e. The quantitative estimate of drug-likeness (QED) is 0.354. The Bertz CT molecular complexity index is 1250. The number of carbonyl (C=O) groups is 1. The Morgan fingerprint density at radius 1 is 0.912 bits per heavy atom. The average Bonchev–Trinajstić information content (AvgIpc) is 3.16. The number of anilines is 1. The SMILES string of the molecule is Cc1cc(NC(=O)c2cccc(COc3ccc(C(C)(C)C)cc3)c2)nn1Cc1ccccc1. The first-order valence-electron chi connectivity index (χ1n) is 11.5. The second-order valence-corrected chi connectivity index (χ2v) is 9.53. The van der Waals surface area contributed by atoms with Crippen molar-refractivity contribution in [2.45, 2.75) is 46.3 Å². The third-order valence-electron chi connectivity index (χ3n) is 5.71. The molecule has 34 heavy (non-hydrogen) atoms. The highest BCUT2D eigenvalue weighted by atomic mass is 16.5. The van der Waals surface area contributed by atoms with Crippen molar-refractivity contribution < 1.29 is 9.53 Å². The molecule has 1 amide bonds. The summed E-state index contributed by atoms with van der Waals surface area (Å²) in [7, 11) is 0. The van der Waals surface area contributed by atoms with Crippen molar-refractivity contribution in [1.82, 2.24) is 9.78 Å². The van der Waals surface area contributed by atoms with E-state index < -0.39 is 0 Å². The molecule has 1 aromatic heterocycles. The lowest BCUT2D eigenvalue weighted by Crippen LogP contribution is -2.13. The first kappa shape index (κ1) is 23.3. The van der Waals surface area contributed by atoms with Gasteiger partial charge in [0.1, 0.15) is 12.4 Å². The van der Waals surface area contributed by atoms with Crippen LogP contribution < -0.4 is 10.1 Å². The van der Waals surface area contributed by atoms with Crippen LogP contribution in [0.2, 0.25) is 0 Å². The van der Waals surface area contributed by atoms with Crippen LogP contribution in [0.3, 0.4) is 0 Å². The zero-order valence-corrected chi connectivity index (χ0v) is 20.2. The Labute approximate surface area is 201 Å². The van der Waals surface area contributed by atoms with Gasteiger partial charge in [-0.1, -0.05) is 75.4 Å². The van der Waals surface area contributed by atoms with Gasteiger partial charge in [-0.3, -0.25) is 9.48 Å². The van der Waals surface area contributed by atoms with Crippen molar-refractivity contribution in [2.75, 3.05) is 5.32 Å². The van der Waals surface area contributed by atoms with Crippen LogP contribution in [0.15, 0.2) is 84.9 Å². The van der Waals surface area contributed by atoms with Crippen LogP contribution in [0, 0.1) is 6.92 Å². The molecule has 174 valence electrons. The van der Waals surface area contributed by atoms with Gasteiger partial charge >= 0.3 is 0 Å². The summed E-state index contributed by atoms with van der Waals surface area (Å²) < 4.78 is 7.83. The molecule has 5 nitrogen and oxygen atoms in total. The average molecular weight is 454 g/mol. The second-order valence-electron chi connectivity index (χ2n) is 9.53. The van der Waals surface area contributed by atoms with Crippen LogP contribution in [-0.4, -0.2) is 15.7 Å². The van der Waals surface area contributed by atoms with E-state index in [1.165, 1.54) is 5.56 Å². The van der Waals surface area contributed by atoms with Gasteiger partial charge in [0.25, 0.3) is 5.91 Å². The molecule has 4 rings (SSSR count). The Hall–Kier alpha value is -3.86. The van der Waals surface area contributed by atoms with E-state index in [1.54, 1.807) is 6.07 Å². The lowest BCUT2D eigenvalue weighted by molar-refractivity contribution is 0.102. The lowest BCUT2D eigenvalue weighted by Gasteiger charge is -2.19. The van der Waals surface area contributed by atoms with Gasteiger partial charge in [0.15, 0.2) is 5.82 Å². The molecule has 0 aliphatic heterocycles. The Balaban J connectivity index is 1.38. The molecular weight excluding hydrogens is 422 g/mol. The maximum Gasteiger partial charge on any atom is 0.256 e. The lowest BCUT2D eigenvalue weighted by atomic mass is 9.87. The van der Waals surface area contributed by atoms with E-state index in [2.05, 4.69) is 55.5 Å². The van der Waals surface area contributed by atoms with E-state index >= 15 is 0 Å². The van der Waals surface area contributed by atoms with E-state index in [9.17, 15) is 4.79 Å². The first-order chi connectivity index (χ1) is 16.3. The monoisotopic (exact) mass is 453 g/mol.